The molecular weight excluding hydrogens is 379 g/mol. The molecule has 0 atom stereocenters. The lowest BCUT2D eigenvalue weighted by atomic mass is 9.70. The van der Waals surface area contributed by atoms with E-state index in [1.54, 1.807) is 12.1 Å². The van der Waals surface area contributed by atoms with Gasteiger partial charge in [-0.25, -0.2) is 13.2 Å². The number of H-pyrrole nitrogens is 1. The number of rotatable bonds is 7. The number of fused-ring (bicyclic) bond motifs is 1. The van der Waals surface area contributed by atoms with Crippen LogP contribution in [-0.4, -0.2) is 16.1 Å². The van der Waals surface area contributed by atoms with Crippen molar-refractivity contribution in [1.29, 1.82) is 0 Å². The first-order valence-electron chi connectivity index (χ1n) is 9.88. The molecule has 3 nitrogen and oxygen atoms in total. The number of hydrogen-bond donors (Lipinski definition) is 2. The highest BCUT2D eigenvalue weighted by molar-refractivity contribution is 5.91. The van der Waals surface area contributed by atoms with Crippen LogP contribution in [0.5, 0.6) is 0 Å². The molecule has 0 radical (unpaired) electrons. The van der Waals surface area contributed by atoms with Gasteiger partial charge in [0.15, 0.2) is 0 Å². The molecule has 0 amide bonds. The van der Waals surface area contributed by atoms with E-state index in [0.29, 0.717) is 35.8 Å². The van der Waals surface area contributed by atoms with Crippen molar-refractivity contribution in [2.24, 2.45) is 11.8 Å². The van der Waals surface area contributed by atoms with Gasteiger partial charge >= 0.3 is 5.97 Å². The van der Waals surface area contributed by atoms with E-state index in [4.69, 9.17) is 5.11 Å². The Hall–Kier alpha value is -2.76. The van der Waals surface area contributed by atoms with Crippen molar-refractivity contribution in [3.05, 3.63) is 59.4 Å². The number of benzene rings is 2. The van der Waals surface area contributed by atoms with E-state index in [1.165, 1.54) is 18.2 Å². The van der Waals surface area contributed by atoms with Gasteiger partial charge in [-0.1, -0.05) is 0 Å². The van der Waals surface area contributed by atoms with Crippen molar-refractivity contribution >= 4 is 16.9 Å². The Morgan fingerprint density at radius 1 is 1.03 bits per heavy atom. The Kier molecular flexibility index (Phi) is 5.35. The number of aromatic nitrogens is 1. The summed E-state index contributed by atoms with van der Waals surface area (Å²) in [5, 5.41) is 9.28. The van der Waals surface area contributed by atoms with E-state index in [1.807, 2.05) is 0 Å². The van der Waals surface area contributed by atoms with Gasteiger partial charge in [0, 0.05) is 23.6 Å². The quantitative estimate of drug-likeness (QED) is 0.504. The maximum absolute atomic E-state index is 14.3. The van der Waals surface area contributed by atoms with Gasteiger partial charge in [-0.3, -0.25) is 4.79 Å². The monoisotopic (exact) mass is 401 g/mol. The minimum Gasteiger partial charge on any atom is -0.481 e. The lowest BCUT2D eigenvalue weighted by molar-refractivity contribution is -0.137. The molecule has 3 aromatic rings. The summed E-state index contributed by atoms with van der Waals surface area (Å²) in [5.41, 5.74) is 2.53. The predicted molar refractivity (Wildman–Crippen MR) is 105 cm³/mol. The molecule has 152 valence electrons. The Balaban J connectivity index is 1.58. The van der Waals surface area contributed by atoms with Gasteiger partial charge in [-0.15, -0.1) is 0 Å². The molecule has 0 bridgehead atoms. The number of halogens is 3. The van der Waals surface area contributed by atoms with E-state index in [-0.39, 0.29) is 17.8 Å². The minimum atomic E-state index is -0.771. The number of aromatic amines is 1. The fourth-order valence-corrected chi connectivity index (χ4v) is 4.46. The van der Waals surface area contributed by atoms with Gasteiger partial charge in [0.25, 0.3) is 0 Å². The van der Waals surface area contributed by atoms with Crippen LogP contribution in [0.2, 0.25) is 0 Å². The fraction of sp³-hybridized carbons (Fsp3) is 0.348. The zero-order valence-corrected chi connectivity index (χ0v) is 15.9. The molecule has 2 aromatic carbocycles. The van der Waals surface area contributed by atoms with Crippen LogP contribution in [0.1, 0.15) is 37.7 Å². The average molecular weight is 401 g/mol. The van der Waals surface area contributed by atoms with Crippen molar-refractivity contribution < 1.29 is 23.1 Å². The maximum atomic E-state index is 14.3. The lowest BCUT2D eigenvalue weighted by Crippen LogP contribution is -2.25. The van der Waals surface area contributed by atoms with E-state index in [0.717, 1.165) is 36.5 Å². The van der Waals surface area contributed by atoms with Gasteiger partial charge < -0.3 is 10.1 Å². The Morgan fingerprint density at radius 3 is 2.45 bits per heavy atom. The van der Waals surface area contributed by atoms with Crippen LogP contribution in [-0.2, 0) is 11.2 Å². The summed E-state index contributed by atoms with van der Waals surface area (Å²) < 4.78 is 41.6. The van der Waals surface area contributed by atoms with E-state index < -0.39 is 17.6 Å². The number of aliphatic carboxylic acids is 1. The standard InChI is InChI=1S/C23H22F3NO2/c24-16-6-4-15(5-7-16)22-18(19-11-17(25)12-20(26)23(19)27-22)10-14-8-13(9-14)2-1-3-21(28)29/h4-7,11-14,27H,1-3,8-10H2,(H,28,29). The van der Waals surface area contributed by atoms with Gasteiger partial charge in [-0.2, -0.15) is 0 Å². The third-order valence-corrected chi connectivity index (χ3v) is 5.89. The molecule has 0 unspecified atom stereocenters. The molecule has 0 saturated heterocycles. The summed E-state index contributed by atoms with van der Waals surface area (Å²) >= 11 is 0. The highest BCUT2D eigenvalue weighted by Crippen LogP contribution is 2.42. The normalized spacial score (nSPS) is 18.7. The summed E-state index contributed by atoms with van der Waals surface area (Å²) in [5.74, 6) is -1.50. The summed E-state index contributed by atoms with van der Waals surface area (Å²) in [6.07, 6.45) is 4.39. The first-order valence-corrected chi connectivity index (χ1v) is 9.88. The molecule has 1 aromatic heterocycles. The highest BCUT2D eigenvalue weighted by Gasteiger charge is 2.30. The summed E-state index contributed by atoms with van der Waals surface area (Å²) in [7, 11) is 0. The van der Waals surface area contributed by atoms with Crippen LogP contribution >= 0.6 is 0 Å². The van der Waals surface area contributed by atoms with Crippen LogP contribution in [0.25, 0.3) is 22.2 Å². The molecule has 1 heterocycles. The first kappa shape index (κ1) is 19.6. The van der Waals surface area contributed by atoms with Crippen LogP contribution < -0.4 is 0 Å². The van der Waals surface area contributed by atoms with Crippen molar-refractivity contribution in [3.63, 3.8) is 0 Å². The third kappa shape index (κ3) is 4.16. The van der Waals surface area contributed by atoms with Crippen LogP contribution in [0, 0.1) is 29.3 Å². The summed E-state index contributed by atoms with van der Waals surface area (Å²) in [6.45, 7) is 0. The number of carboxylic acids is 1. The maximum Gasteiger partial charge on any atom is 0.303 e. The number of nitrogens with one attached hydrogen (secondary N) is 1. The smallest absolute Gasteiger partial charge is 0.303 e. The van der Waals surface area contributed by atoms with Crippen molar-refractivity contribution in [3.8, 4) is 11.3 Å². The van der Waals surface area contributed by atoms with E-state index >= 15 is 0 Å². The van der Waals surface area contributed by atoms with Gasteiger partial charge in [0.2, 0.25) is 0 Å². The summed E-state index contributed by atoms with van der Waals surface area (Å²) in [6, 6.07) is 8.17. The molecule has 1 saturated carbocycles. The lowest BCUT2D eigenvalue weighted by Gasteiger charge is -2.35. The average Bonchev–Trinajstić information content (AvgIpc) is 2.98. The molecule has 4 rings (SSSR count). The van der Waals surface area contributed by atoms with E-state index in [9.17, 15) is 18.0 Å². The predicted octanol–water partition coefficient (Wildman–Crippen LogP) is 6.08. The summed E-state index contributed by atoms with van der Waals surface area (Å²) in [4.78, 5) is 13.7. The second-order valence-electron chi connectivity index (χ2n) is 7.99. The topological polar surface area (TPSA) is 53.1 Å². The van der Waals surface area contributed by atoms with Gasteiger partial charge in [0.1, 0.15) is 17.5 Å². The third-order valence-electron chi connectivity index (χ3n) is 5.89. The van der Waals surface area contributed by atoms with Crippen LogP contribution in [0.15, 0.2) is 36.4 Å². The molecule has 1 aliphatic carbocycles. The number of hydrogen-bond acceptors (Lipinski definition) is 1. The Labute approximate surface area is 166 Å². The molecule has 0 spiro atoms. The first-order chi connectivity index (χ1) is 13.9. The number of carbonyl (C=O) groups is 1. The van der Waals surface area contributed by atoms with Crippen molar-refractivity contribution in [2.45, 2.75) is 38.5 Å². The minimum absolute atomic E-state index is 0.191. The number of carboxylic acid groups (broad SMARTS) is 1. The molecule has 29 heavy (non-hydrogen) atoms. The molecular formula is C23H22F3NO2. The van der Waals surface area contributed by atoms with Crippen molar-refractivity contribution in [2.75, 3.05) is 0 Å². The molecule has 1 fully saturated rings. The van der Waals surface area contributed by atoms with Crippen LogP contribution in [0.4, 0.5) is 13.2 Å². The van der Waals surface area contributed by atoms with Crippen molar-refractivity contribution in [1.82, 2.24) is 4.98 Å². The molecule has 1 aliphatic rings. The van der Waals surface area contributed by atoms with Gasteiger partial charge in [0.05, 0.1) is 5.52 Å². The fourth-order valence-electron chi connectivity index (χ4n) is 4.46. The van der Waals surface area contributed by atoms with Crippen LogP contribution in [0.3, 0.4) is 0 Å². The zero-order chi connectivity index (χ0) is 20.5. The van der Waals surface area contributed by atoms with E-state index in [2.05, 4.69) is 4.98 Å². The largest absolute Gasteiger partial charge is 0.481 e. The molecule has 0 aliphatic heterocycles. The Morgan fingerprint density at radius 2 is 1.76 bits per heavy atom. The second-order valence-corrected chi connectivity index (χ2v) is 7.99. The highest BCUT2D eigenvalue weighted by atomic mass is 19.1. The molecule has 6 heteroatoms. The SMILES string of the molecule is O=C(O)CCCC1CC(Cc2c(-c3ccc(F)cc3)[nH]c3c(F)cc(F)cc23)C1. The second kappa shape index (κ2) is 7.93. The Bertz CT molecular complexity index is 1040. The zero-order valence-electron chi connectivity index (χ0n) is 15.9. The molecule has 2 N–H and O–H groups in total. The van der Waals surface area contributed by atoms with Gasteiger partial charge in [-0.05, 0) is 85.4 Å².